The number of ether oxygens (including phenoxy) is 2. The Morgan fingerprint density at radius 2 is 1.48 bits per heavy atom. The van der Waals surface area contributed by atoms with Crippen LogP contribution in [0.15, 0.2) is 12.1 Å². The summed E-state index contributed by atoms with van der Waals surface area (Å²) in [6.07, 6.45) is 1.26. The quantitative estimate of drug-likeness (QED) is 0.732. The van der Waals surface area contributed by atoms with E-state index in [0.29, 0.717) is 6.61 Å². The molecule has 23 heavy (non-hydrogen) atoms. The standard InChI is InChI=1S/C20H32O3/c1-9-10-23-18-15(19(2,3)4)11-14(13-17(21)22-8)12-16(18)20(5,6)7/h11-12H,9-10,13H2,1-8H3. The predicted molar refractivity (Wildman–Crippen MR) is 95.3 cm³/mol. The molecule has 3 heteroatoms. The first-order valence-electron chi connectivity index (χ1n) is 8.38. The van der Waals surface area contributed by atoms with E-state index in [9.17, 15) is 4.79 Å². The minimum Gasteiger partial charge on any atom is -0.493 e. The zero-order valence-corrected chi connectivity index (χ0v) is 16.0. The lowest BCUT2D eigenvalue weighted by Crippen LogP contribution is -2.21. The highest BCUT2D eigenvalue weighted by Crippen LogP contribution is 2.41. The number of esters is 1. The van der Waals surface area contributed by atoms with Gasteiger partial charge >= 0.3 is 5.97 Å². The Labute approximate surface area is 141 Å². The number of methoxy groups -OCH3 is 1. The van der Waals surface area contributed by atoms with Crippen LogP contribution >= 0.6 is 0 Å². The maximum atomic E-state index is 11.7. The van der Waals surface area contributed by atoms with Gasteiger partial charge < -0.3 is 9.47 Å². The maximum absolute atomic E-state index is 11.7. The summed E-state index contributed by atoms with van der Waals surface area (Å²) in [5, 5.41) is 0. The largest absolute Gasteiger partial charge is 0.493 e. The van der Waals surface area contributed by atoms with Crippen molar-refractivity contribution in [1.29, 1.82) is 0 Å². The molecule has 0 aliphatic heterocycles. The van der Waals surface area contributed by atoms with Gasteiger partial charge in [0.15, 0.2) is 0 Å². The summed E-state index contributed by atoms with van der Waals surface area (Å²) in [5.41, 5.74) is 3.16. The molecule has 0 spiro atoms. The molecular weight excluding hydrogens is 288 g/mol. The van der Waals surface area contributed by atoms with Crippen molar-refractivity contribution >= 4 is 5.97 Å². The third-order valence-electron chi connectivity index (χ3n) is 3.79. The molecule has 0 bridgehead atoms. The fraction of sp³-hybridized carbons (Fsp3) is 0.650. The number of hydrogen-bond donors (Lipinski definition) is 0. The summed E-state index contributed by atoms with van der Waals surface area (Å²) in [6.45, 7) is 15.9. The van der Waals surface area contributed by atoms with E-state index in [-0.39, 0.29) is 23.2 Å². The molecule has 0 aromatic heterocycles. The van der Waals surface area contributed by atoms with Gasteiger partial charge in [-0.1, -0.05) is 60.6 Å². The highest BCUT2D eigenvalue weighted by atomic mass is 16.5. The first-order valence-corrected chi connectivity index (χ1v) is 8.38. The van der Waals surface area contributed by atoms with E-state index >= 15 is 0 Å². The third-order valence-corrected chi connectivity index (χ3v) is 3.79. The van der Waals surface area contributed by atoms with E-state index in [0.717, 1.165) is 28.9 Å². The predicted octanol–water partition coefficient (Wildman–Crippen LogP) is 4.79. The molecule has 130 valence electrons. The van der Waals surface area contributed by atoms with E-state index in [1.54, 1.807) is 0 Å². The Kier molecular flexibility index (Phi) is 6.26. The van der Waals surface area contributed by atoms with Crippen LogP contribution in [-0.4, -0.2) is 19.7 Å². The molecule has 0 aliphatic carbocycles. The van der Waals surface area contributed by atoms with Crippen LogP contribution in [0.5, 0.6) is 5.75 Å². The van der Waals surface area contributed by atoms with Gasteiger partial charge in [0.2, 0.25) is 0 Å². The molecular formula is C20H32O3. The van der Waals surface area contributed by atoms with Crippen LogP contribution in [0.1, 0.15) is 71.6 Å². The van der Waals surface area contributed by atoms with Gasteiger partial charge in [-0.15, -0.1) is 0 Å². The second kappa shape index (κ2) is 7.37. The molecule has 1 aromatic rings. The second-order valence-corrected chi connectivity index (χ2v) is 8.12. The molecule has 3 nitrogen and oxygen atoms in total. The van der Waals surface area contributed by atoms with E-state index in [4.69, 9.17) is 9.47 Å². The Hall–Kier alpha value is -1.51. The molecule has 0 radical (unpaired) electrons. The topological polar surface area (TPSA) is 35.5 Å². The first kappa shape index (κ1) is 19.5. The SMILES string of the molecule is CCCOc1c(C(C)(C)C)cc(CC(=O)OC)cc1C(C)(C)C. The van der Waals surface area contributed by atoms with Gasteiger partial charge in [-0.3, -0.25) is 4.79 Å². The van der Waals surface area contributed by atoms with Crippen molar-refractivity contribution in [1.82, 2.24) is 0 Å². The van der Waals surface area contributed by atoms with Gasteiger partial charge in [-0.05, 0) is 22.8 Å². The van der Waals surface area contributed by atoms with Crippen molar-refractivity contribution < 1.29 is 14.3 Å². The molecule has 1 rings (SSSR count). The van der Waals surface area contributed by atoms with Crippen molar-refractivity contribution in [2.75, 3.05) is 13.7 Å². The van der Waals surface area contributed by atoms with Crippen LogP contribution in [-0.2, 0) is 26.8 Å². The Bertz CT molecular complexity index is 510. The van der Waals surface area contributed by atoms with Crippen LogP contribution in [0.25, 0.3) is 0 Å². The summed E-state index contributed by atoms with van der Waals surface area (Å²) in [5.74, 6) is 0.757. The molecule has 0 N–H and O–H groups in total. The second-order valence-electron chi connectivity index (χ2n) is 8.12. The fourth-order valence-corrected chi connectivity index (χ4v) is 2.50. The molecule has 0 amide bonds. The summed E-state index contributed by atoms with van der Waals surface area (Å²) in [4.78, 5) is 11.7. The van der Waals surface area contributed by atoms with Gasteiger partial charge in [-0.25, -0.2) is 0 Å². The summed E-state index contributed by atoms with van der Waals surface area (Å²) in [6, 6.07) is 4.19. The van der Waals surface area contributed by atoms with E-state index < -0.39 is 0 Å². The molecule has 0 fully saturated rings. The average Bonchev–Trinajstić information content (AvgIpc) is 2.42. The maximum Gasteiger partial charge on any atom is 0.309 e. The van der Waals surface area contributed by atoms with Crippen LogP contribution < -0.4 is 4.74 Å². The van der Waals surface area contributed by atoms with Crippen LogP contribution in [0, 0.1) is 0 Å². The third kappa shape index (κ3) is 5.26. The summed E-state index contributed by atoms with van der Waals surface area (Å²) < 4.78 is 11.0. The van der Waals surface area contributed by atoms with Gasteiger partial charge in [0, 0.05) is 11.1 Å². The lowest BCUT2D eigenvalue weighted by molar-refractivity contribution is -0.139. The lowest BCUT2D eigenvalue weighted by Gasteiger charge is -2.30. The zero-order chi connectivity index (χ0) is 17.8. The number of benzene rings is 1. The molecule has 0 aliphatic rings. The van der Waals surface area contributed by atoms with Crippen LogP contribution in [0.4, 0.5) is 0 Å². The molecule has 1 aromatic carbocycles. The van der Waals surface area contributed by atoms with E-state index in [2.05, 4.69) is 60.6 Å². The smallest absolute Gasteiger partial charge is 0.309 e. The summed E-state index contributed by atoms with van der Waals surface area (Å²) >= 11 is 0. The van der Waals surface area contributed by atoms with Gasteiger partial charge in [-0.2, -0.15) is 0 Å². The Morgan fingerprint density at radius 1 is 1.00 bits per heavy atom. The highest BCUT2D eigenvalue weighted by Gasteiger charge is 2.28. The van der Waals surface area contributed by atoms with Crippen molar-refractivity contribution in [3.05, 3.63) is 28.8 Å². The first-order chi connectivity index (χ1) is 10.5. The van der Waals surface area contributed by atoms with Crippen LogP contribution in [0.3, 0.4) is 0 Å². The van der Waals surface area contributed by atoms with E-state index in [1.807, 2.05) is 0 Å². The molecule has 0 unspecified atom stereocenters. The molecule has 0 heterocycles. The monoisotopic (exact) mass is 320 g/mol. The number of rotatable bonds is 5. The minimum atomic E-state index is -0.216. The average molecular weight is 320 g/mol. The van der Waals surface area contributed by atoms with Crippen molar-refractivity contribution in [3.63, 3.8) is 0 Å². The fourth-order valence-electron chi connectivity index (χ4n) is 2.50. The Balaban J connectivity index is 3.54. The van der Waals surface area contributed by atoms with Crippen molar-refractivity contribution in [2.45, 2.75) is 72.1 Å². The van der Waals surface area contributed by atoms with Gasteiger partial charge in [0.1, 0.15) is 5.75 Å². The lowest BCUT2D eigenvalue weighted by atomic mass is 9.78. The molecule has 0 saturated carbocycles. The van der Waals surface area contributed by atoms with Crippen LogP contribution in [0.2, 0.25) is 0 Å². The summed E-state index contributed by atoms with van der Waals surface area (Å²) in [7, 11) is 1.43. The van der Waals surface area contributed by atoms with Crippen molar-refractivity contribution in [2.24, 2.45) is 0 Å². The number of carbonyl (C=O) groups excluding carboxylic acids is 1. The van der Waals surface area contributed by atoms with Crippen molar-refractivity contribution in [3.8, 4) is 5.75 Å². The Morgan fingerprint density at radius 3 is 1.83 bits per heavy atom. The zero-order valence-electron chi connectivity index (χ0n) is 16.0. The van der Waals surface area contributed by atoms with Gasteiger partial charge in [0.05, 0.1) is 20.1 Å². The van der Waals surface area contributed by atoms with Gasteiger partial charge in [0.25, 0.3) is 0 Å². The van der Waals surface area contributed by atoms with E-state index in [1.165, 1.54) is 7.11 Å². The molecule has 0 atom stereocenters. The normalized spacial score (nSPS) is 12.2. The number of hydrogen-bond acceptors (Lipinski definition) is 3. The minimum absolute atomic E-state index is 0.0603. The number of carbonyl (C=O) groups is 1. The molecule has 0 saturated heterocycles. The highest BCUT2D eigenvalue weighted by molar-refractivity contribution is 5.73.